The second kappa shape index (κ2) is 6.31. The number of nitrogens with zero attached hydrogens (tertiary/aromatic N) is 1. The maximum Gasteiger partial charge on any atom is 0.211 e. The lowest BCUT2D eigenvalue weighted by Crippen LogP contribution is -2.46. The SMILES string of the molecule is Cc1ccc(N2CCCC3c4c(cccc4NC=O)CCC32)cc1. The smallest absolute Gasteiger partial charge is 0.211 e. The van der Waals surface area contributed by atoms with Gasteiger partial charge in [-0.3, -0.25) is 4.79 Å². The van der Waals surface area contributed by atoms with E-state index >= 15 is 0 Å². The van der Waals surface area contributed by atoms with Crippen molar-refractivity contribution in [2.45, 2.75) is 44.6 Å². The summed E-state index contributed by atoms with van der Waals surface area (Å²) in [5.74, 6) is 0.507. The third-order valence-electron chi connectivity index (χ3n) is 5.64. The van der Waals surface area contributed by atoms with Crippen molar-refractivity contribution in [1.82, 2.24) is 0 Å². The van der Waals surface area contributed by atoms with Gasteiger partial charge < -0.3 is 10.2 Å². The molecule has 1 saturated heterocycles. The van der Waals surface area contributed by atoms with E-state index in [1.807, 2.05) is 6.07 Å². The summed E-state index contributed by atoms with van der Waals surface area (Å²) in [5.41, 5.74) is 6.42. The van der Waals surface area contributed by atoms with Gasteiger partial charge in [0.1, 0.15) is 0 Å². The number of carbonyl (C=O) groups is 1. The van der Waals surface area contributed by atoms with Gasteiger partial charge in [-0.25, -0.2) is 0 Å². The molecule has 2 aromatic rings. The number of carbonyl (C=O) groups excluding carboxylic acids is 1. The van der Waals surface area contributed by atoms with Crippen molar-refractivity contribution >= 4 is 17.8 Å². The van der Waals surface area contributed by atoms with Gasteiger partial charge in [0.05, 0.1) is 0 Å². The number of amides is 1. The fourth-order valence-electron chi connectivity index (χ4n) is 4.57. The van der Waals surface area contributed by atoms with E-state index in [9.17, 15) is 4.79 Å². The molecule has 0 radical (unpaired) electrons. The highest BCUT2D eigenvalue weighted by Crippen LogP contribution is 2.45. The summed E-state index contributed by atoms with van der Waals surface area (Å²) < 4.78 is 0. The van der Waals surface area contributed by atoms with Gasteiger partial charge in [-0.15, -0.1) is 0 Å². The maximum absolute atomic E-state index is 11.0. The van der Waals surface area contributed by atoms with Gasteiger partial charge in [-0.2, -0.15) is 0 Å². The van der Waals surface area contributed by atoms with E-state index in [-0.39, 0.29) is 0 Å². The molecule has 2 atom stereocenters. The molecule has 2 aliphatic rings. The van der Waals surface area contributed by atoms with Crippen molar-refractivity contribution < 1.29 is 4.79 Å². The highest BCUT2D eigenvalue weighted by atomic mass is 16.1. The summed E-state index contributed by atoms with van der Waals surface area (Å²) in [6, 6.07) is 15.8. The molecule has 0 aromatic heterocycles. The van der Waals surface area contributed by atoms with Crippen molar-refractivity contribution in [3.8, 4) is 0 Å². The lowest BCUT2D eigenvalue weighted by Gasteiger charge is -2.46. The Kier molecular flexibility index (Phi) is 4.01. The zero-order valence-corrected chi connectivity index (χ0v) is 14.2. The first-order valence-electron chi connectivity index (χ1n) is 8.93. The van der Waals surface area contributed by atoms with Crippen LogP contribution in [0.1, 0.15) is 41.9 Å². The van der Waals surface area contributed by atoms with E-state index in [2.05, 4.69) is 53.5 Å². The molecule has 1 aliphatic carbocycles. The minimum Gasteiger partial charge on any atom is -0.368 e. The van der Waals surface area contributed by atoms with Crippen LogP contribution < -0.4 is 10.2 Å². The lowest BCUT2D eigenvalue weighted by atomic mass is 9.73. The van der Waals surface area contributed by atoms with E-state index in [1.54, 1.807) is 0 Å². The van der Waals surface area contributed by atoms with Crippen molar-refractivity contribution in [2.75, 3.05) is 16.8 Å². The van der Waals surface area contributed by atoms with Crippen LogP contribution in [0.2, 0.25) is 0 Å². The predicted octanol–water partition coefficient (Wildman–Crippen LogP) is 4.26. The molecule has 2 unspecified atom stereocenters. The summed E-state index contributed by atoms with van der Waals surface area (Å²) in [7, 11) is 0. The van der Waals surface area contributed by atoms with Crippen LogP contribution in [-0.4, -0.2) is 19.0 Å². The minimum atomic E-state index is 0.507. The Labute approximate surface area is 143 Å². The van der Waals surface area contributed by atoms with Gasteiger partial charge in [-0.1, -0.05) is 29.8 Å². The molecule has 1 aliphatic heterocycles. The number of aryl methyl sites for hydroxylation is 2. The highest BCUT2D eigenvalue weighted by Gasteiger charge is 2.37. The molecule has 0 saturated carbocycles. The number of rotatable bonds is 3. The Morgan fingerprint density at radius 2 is 1.96 bits per heavy atom. The fraction of sp³-hybridized carbons (Fsp3) is 0.381. The van der Waals surface area contributed by atoms with Crippen LogP contribution in [0.5, 0.6) is 0 Å². The summed E-state index contributed by atoms with van der Waals surface area (Å²) in [6.45, 7) is 3.26. The fourth-order valence-corrected chi connectivity index (χ4v) is 4.57. The highest BCUT2D eigenvalue weighted by molar-refractivity contribution is 5.75. The van der Waals surface area contributed by atoms with Gasteiger partial charge >= 0.3 is 0 Å². The maximum atomic E-state index is 11.0. The molecule has 24 heavy (non-hydrogen) atoms. The molecule has 4 rings (SSSR count). The largest absolute Gasteiger partial charge is 0.368 e. The average molecular weight is 320 g/mol. The van der Waals surface area contributed by atoms with Crippen LogP contribution >= 0.6 is 0 Å². The first-order chi connectivity index (χ1) is 11.8. The Morgan fingerprint density at radius 1 is 1.12 bits per heavy atom. The second-order valence-corrected chi connectivity index (χ2v) is 7.02. The molecule has 0 bridgehead atoms. The van der Waals surface area contributed by atoms with E-state index in [1.165, 1.54) is 41.6 Å². The number of hydrogen-bond acceptors (Lipinski definition) is 2. The minimum absolute atomic E-state index is 0.507. The van der Waals surface area contributed by atoms with Gasteiger partial charge in [0, 0.05) is 29.9 Å². The molecule has 124 valence electrons. The Bertz CT molecular complexity index is 738. The normalized spacial score (nSPS) is 22.5. The Hall–Kier alpha value is -2.29. The van der Waals surface area contributed by atoms with E-state index < -0.39 is 0 Å². The lowest BCUT2D eigenvalue weighted by molar-refractivity contribution is -0.105. The number of anilines is 2. The molecule has 1 N–H and O–H groups in total. The van der Waals surface area contributed by atoms with E-state index in [0.717, 1.165) is 25.1 Å². The summed E-state index contributed by atoms with van der Waals surface area (Å²) in [6.07, 6.45) is 5.49. The van der Waals surface area contributed by atoms with Gasteiger partial charge in [0.2, 0.25) is 6.41 Å². The monoisotopic (exact) mass is 320 g/mol. The number of fused-ring (bicyclic) bond motifs is 3. The predicted molar refractivity (Wildman–Crippen MR) is 98.7 cm³/mol. The zero-order valence-electron chi connectivity index (χ0n) is 14.2. The molecular formula is C21H24N2O. The summed E-state index contributed by atoms with van der Waals surface area (Å²) in [5, 5.41) is 2.93. The third-order valence-corrected chi connectivity index (χ3v) is 5.64. The van der Waals surface area contributed by atoms with Crippen molar-refractivity contribution in [1.29, 1.82) is 0 Å². The Balaban J connectivity index is 1.71. The van der Waals surface area contributed by atoms with Crippen LogP contribution in [0.25, 0.3) is 0 Å². The number of hydrogen-bond donors (Lipinski definition) is 1. The topological polar surface area (TPSA) is 32.3 Å². The van der Waals surface area contributed by atoms with E-state index in [0.29, 0.717) is 12.0 Å². The quantitative estimate of drug-likeness (QED) is 0.857. The molecule has 1 amide bonds. The summed E-state index contributed by atoms with van der Waals surface area (Å²) in [4.78, 5) is 13.6. The van der Waals surface area contributed by atoms with Gasteiger partial charge in [-0.05, 0) is 61.9 Å². The van der Waals surface area contributed by atoms with Gasteiger partial charge in [0.25, 0.3) is 0 Å². The standard InChI is InChI=1S/C21H24N2O/c1-15-7-10-17(11-8-15)23-13-3-5-18-20(23)12-9-16-4-2-6-19(21(16)18)22-14-24/h2,4,6-8,10-11,14,18,20H,3,5,9,12-13H2,1H3,(H,22,24). The van der Waals surface area contributed by atoms with Crippen LogP contribution in [0.4, 0.5) is 11.4 Å². The molecule has 0 spiro atoms. The van der Waals surface area contributed by atoms with Crippen LogP contribution in [-0.2, 0) is 11.2 Å². The molecule has 1 heterocycles. The van der Waals surface area contributed by atoms with Gasteiger partial charge in [0.15, 0.2) is 0 Å². The molecule has 3 nitrogen and oxygen atoms in total. The zero-order chi connectivity index (χ0) is 16.5. The van der Waals surface area contributed by atoms with E-state index in [4.69, 9.17) is 0 Å². The average Bonchev–Trinajstić information content (AvgIpc) is 2.62. The molecule has 3 heteroatoms. The Morgan fingerprint density at radius 3 is 2.75 bits per heavy atom. The summed E-state index contributed by atoms with van der Waals surface area (Å²) >= 11 is 0. The number of piperidine rings is 1. The molecule has 2 aromatic carbocycles. The first-order valence-corrected chi connectivity index (χ1v) is 8.93. The third kappa shape index (κ3) is 2.58. The van der Waals surface area contributed by atoms with Crippen LogP contribution in [0.15, 0.2) is 42.5 Å². The first kappa shape index (κ1) is 15.3. The van der Waals surface area contributed by atoms with Crippen molar-refractivity contribution in [2.24, 2.45) is 0 Å². The van der Waals surface area contributed by atoms with Crippen LogP contribution in [0, 0.1) is 6.92 Å². The number of benzene rings is 2. The molecular weight excluding hydrogens is 296 g/mol. The van der Waals surface area contributed by atoms with Crippen LogP contribution in [0.3, 0.4) is 0 Å². The second-order valence-electron chi connectivity index (χ2n) is 7.02. The van der Waals surface area contributed by atoms with Crippen molar-refractivity contribution in [3.05, 3.63) is 59.2 Å². The van der Waals surface area contributed by atoms with Crippen molar-refractivity contribution in [3.63, 3.8) is 0 Å². The molecule has 1 fully saturated rings. The number of nitrogens with one attached hydrogen (secondary N) is 1.